The summed E-state index contributed by atoms with van der Waals surface area (Å²) in [4.78, 5) is 26.3. The summed E-state index contributed by atoms with van der Waals surface area (Å²) in [7, 11) is 0. The van der Waals surface area contributed by atoms with Crippen molar-refractivity contribution in [2.45, 2.75) is 37.8 Å². The van der Waals surface area contributed by atoms with Gasteiger partial charge >= 0.3 is 0 Å². The molecule has 6 nitrogen and oxygen atoms in total. The van der Waals surface area contributed by atoms with Crippen LogP contribution in [0.3, 0.4) is 0 Å². The van der Waals surface area contributed by atoms with Crippen molar-refractivity contribution in [2.24, 2.45) is 0 Å². The average molecular weight is 289 g/mol. The van der Waals surface area contributed by atoms with Gasteiger partial charge in [-0.3, -0.25) is 9.59 Å². The normalized spacial score (nSPS) is 21.3. The molecule has 1 aromatic rings. The Balaban J connectivity index is 1.75. The van der Waals surface area contributed by atoms with E-state index >= 15 is 0 Å². The molecule has 0 radical (unpaired) electrons. The van der Waals surface area contributed by atoms with Crippen molar-refractivity contribution in [3.05, 3.63) is 23.8 Å². The van der Waals surface area contributed by atoms with Crippen LogP contribution in [0.25, 0.3) is 0 Å². The second-order valence-electron chi connectivity index (χ2n) is 5.71. The smallest absolute Gasteiger partial charge is 0.254 e. The molecule has 2 aliphatic rings. The Morgan fingerprint density at radius 2 is 2.05 bits per heavy atom. The Morgan fingerprint density at radius 3 is 2.71 bits per heavy atom. The van der Waals surface area contributed by atoms with Gasteiger partial charge in [-0.2, -0.15) is 0 Å². The van der Waals surface area contributed by atoms with Gasteiger partial charge in [-0.1, -0.05) is 0 Å². The summed E-state index contributed by atoms with van der Waals surface area (Å²) in [6, 6.07) is 4.31. The third kappa shape index (κ3) is 2.79. The average Bonchev–Trinajstić information content (AvgIpc) is 3.14. The van der Waals surface area contributed by atoms with Crippen molar-refractivity contribution in [3.63, 3.8) is 0 Å². The van der Waals surface area contributed by atoms with Gasteiger partial charge < -0.3 is 21.1 Å². The van der Waals surface area contributed by atoms with Crippen molar-refractivity contribution in [1.29, 1.82) is 0 Å². The van der Waals surface area contributed by atoms with Gasteiger partial charge in [-0.25, -0.2) is 0 Å². The molecular weight excluding hydrogens is 270 g/mol. The highest BCUT2D eigenvalue weighted by Gasteiger charge is 2.36. The molecule has 1 saturated carbocycles. The summed E-state index contributed by atoms with van der Waals surface area (Å²) in [5.74, 6) is -0.416. The standard InChI is InChI=1S/C15H19N3O3/c16-11-6-3-9(8-13(11)19)15(21)18-7-1-2-12(18)14(20)17-10-4-5-10/h3,6,8,10,12,19H,1-2,4-5,7,16H2,(H,17,20). The lowest BCUT2D eigenvalue weighted by atomic mass is 10.1. The molecule has 1 unspecified atom stereocenters. The number of carbonyl (C=O) groups excluding carboxylic acids is 2. The van der Waals surface area contributed by atoms with Gasteiger partial charge in [0.25, 0.3) is 5.91 Å². The second-order valence-corrected chi connectivity index (χ2v) is 5.71. The predicted octanol–water partition coefficient (Wildman–Crippen LogP) is 0.858. The molecule has 4 N–H and O–H groups in total. The maximum atomic E-state index is 12.5. The molecule has 1 saturated heterocycles. The van der Waals surface area contributed by atoms with Crippen LogP contribution in [0.2, 0.25) is 0 Å². The number of rotatable bonds is 3. The molecule has 1 atom stereocenters. The van der Waals surface area contributed by atoms with Crippen molar-refractivity contribution in [1.82, 2.24) is 10.2 Å². The lowest BCUT2D eigenvalue weighted by molar-refractivity contribution is -0.125. The van der Waals surface area contributed by atoms with Crippen LogP contribution in [0.5, 0.6) is 5.75 Å². The van der Waals surface area contributed by atoms with Crippen LogP contribution in [-0.2, 0) is 4.79 Å². The summed E-state index contributed by atoms with van der Waals surface area (Å²) in [6.07, 6.45) is 3.55. The monoisotopic (exact) mass is 289 g/mol. The van der Waals surface area contributed by atoms with Crippen LogP contribution in [0, 0.1) is 0 Å². The quantitative estimate of drug-likeness (QED) is 0.568. The number of amides is 2. The van der Waals surface area contributed by atoms with Crippen molar-refractivity contribution in [2.75, 3.05) is 12.3 Å². The van der Waals surface area contributed by atoms with Crippen molar-refractivity contribution < 1.29 is 14.7 Å². The molecular formula is C15H19N3O3. The largest absolute Gasteiger partial charge is 0.506 e. The van der Waals surface area contributed by atoms with E-state index in [0.717, 1.165) is 19.3 Å². The first-order valence-electron chi connectivity index (χ1n) is 7.26. The number of benzene rings is 1. The lowest BCUT2D eigenvalue weighted by Gasteiger charge is -2.24. The summed E-state index contributed by atoms with van der Waals surface area (Å²) in [5.41, 5.74) is 6.13. The number of nitrogens with two attached hydrogens (primary N) is 1. The fraction of sp³-hybridized carbons (Fsp3) is 0.467. The zero-order chi connectivity index (χ0) is 15.0. The van der Waals surface area contributed by atoms with E-state index < -0.39 is 6.04 Å². The van der Waals surface area contributed by atoms with E-state index in [1.165, 1.54) is 12.1 Å². The minimum atomic E-state index is -0.405. The Morgan fingerprint density at radius 1 is 1.29 bits per heavy atom. The zero-order valence-electron chi connectivity index (χ0n) is 11.7. The number of phenolic OH excluding ortho intramolecular Hbond substituents is 1. The van der Waals surface area contributed by atoms with Crippen LogP contribution < -0.4 is 11.1 Å². The first-order chi connectivity index (χ1) is 10.1. The molecule has 1 heterocycles. The maximum absolute atomic E-state index is 12.5. The Bertz CT molecular complexity index is 584. The number of aromatic hydroxyl groups is 1. The molecule has 6 heteroatoms. The molecule has 0 bridgehead atoms. The number of carbonyl (C=O) groups is 2. The number of nitrogens with one attached hydrogen (secondary N) is 1. The van der Waals surface area contributed by atoms with Crippen LogP contribution in [0.15, 0.2) is 18.2 Å². The highest BCUT2D eigenvalue weighted by Crippen LogP contribution is 2.26. The molecule has 21 heavy (non-hydrogen) atoms. The van der Waals surface area contributed by atoms with Crippen molar-refractivity contribution in [3.8, 4) is 5.75 Å². The SMILES string of the molecule is Nc1ccc(C(=O)N2CCCC2C(=O)NC2CC2)cc1O. The minimum Gasteiger partial charge on any atom is -0.506 e. The van der Waals surface area contributed by atoms with E-state index in [-0.39, 0.29) is 29.3 Å². The number of likely N-dealkylation sites (tertiary alicyclic amines) is 1. The Kier molecular flexibility index (Phi) is 3.45. The van der Waals surface area contributed by atoms with E-state index in [1.807, 2.05) is 0 Å². The highest BCUT2D eigenvalue weighted by atomic mass is 16.3. The molecule has 0 aromatic heterocycles. The summed E-state index contributed by atoms with van der Waals surface area (Å²) in [5, 5.41) is 12.6. The molecule has 1 aliphatic heterocycles. The van der Waals surface area contributed by atoms with Crippen molar-refractivity contribution >= 4 is 17.5 Å². The Labute approximate surface area is 122 Å². The van der Waals surface area contributed by atoms with Crippen LogP contribution in [0.1, 0.15) is 36.0 Å². The van der Waals surface area contributed by atoms with Gasteiger partial charge in [0.2, 0.25) is 5.91 Å². The number of nitrogens with zero attached hydrogens (tertiary/aromatic N) is 1. The van der Waals surface area contributed by atoms with Gasteiger partial charge in [-0.15, -0.1) is 0 Å². The fourth-order valence-electron chi connectivity index (χ4n) is 2.65. The number of nitrogen functional groups attached to an aromatic ring is 1. The molecule has 3 rings (SSSR count). The lowest BCUT2D eigenvalue weighted by Crippen LogP contribution is -2.46. The summed E-state index contributed by atoms with van der Waals surface area (Å²) >= 11 is 0. The van der Waals surface area contributed by atoms with Gasteiger partial charge in [0.15, 0.2) is 0 Å². The Hall–Kier alpha value is -2.24. The molecule has 1 aromatic carbocycles. The third-order valence-electron chi connectivity index (χ3n) is 4.02. The van der Waals surface area contributed by atoms with E-state index in [9.17, 15) is 14.7 Å². The molecule has 0 spiro atoms. The van der Waals surface area contributed by atoms with Gasteiger partial charge in [0.05, 0.1) is 5.69 Å². The number of hydrogen-bond donors (Lipinski definition) is 3. The zero-order valence-corrected chi connectivity index (χ0v) is 11.7. The topological polar surface area (TPSA) is 95.7 Å². The summed E-state index contributed by atoms with van der Waals surface area (Å²) < 4.78 is 0. The first kappa shape index (κ1) is 13.7. The fourth-order valence-corrected chi connectivity index (χ4v) is 2.65. The second kappa shape index (κ2) is 5.27. The summed E-state index contributed by atoms with van der Waals surface area (Å²) in [6.45, 7) is 0.562. The number of hydrogen-bond acceptors (Lipinski definition) is 4. The van der Waals surface area contributed by atoms with Gasteiger partial charge in [-0.05, 0) is 43.9 Å². The molecule has 1 aliphatic carbocycles. The third-order valence-corrected chi connectivity index (χ3v) is 4.02. The number of phenols is 1. The number of anilines is 1. The van der Waals surface area contributed by atoms with E-state index in [2.05, 4.69) is 5.32 Å². The predicted molar refractivity (Wildman–Crippen MR) is 77.7 cm³/mol. The molecule has 2 fully saturated rings. The van der Waals surface area contributed by atoms with Crippen LogP contribution in [0.4, 0.5) is 5.69 Å². The van der Waals surface area contributed by atoms with E-state index in [4.69, 9.17) is 5.73 Å². The van der Waals surface area contributed by atoms with Crippen LogP contribution >= 0.6 is 0 Å². The highest BCUT2D eigenvalue weighted by molar-refractivity contribution is 5.98. The first-order valence-corrected chi connectivity index (χ1v) is 7.26. The van der Waals surface area contributed by atoms with E-state index in [0.29, 0.717) is 18.5 Å². The van der Waals surface area contributed by atoms with Gasteiger partial charge in [0.1, 0.15) is 11.8 Å². The van der Waals surface area contributed by atoms with Gasteiger partial charge in [0, 0.05) is 18.2 Å². The van der Waals surface area contributed by atoms with Crippen LogP contribution in [-0.4, -0.2) is 40.4 Å². The molecule has 2 amide bonds. The maximum Gasteiger partial charge on any atom is 0.254 e. The minimum absolute atomic E-state index is 0.0667. The molecule has 112 valence electrons. The van der Waals surface area contributed by atoms with E-state index in [1.54, 1.807) is 11.0 Å².